The Labute approximate surface area is 223 Å². The van der Waals surface area contributed by atoms with Crippen molar-refractivity contribution < 1.29 is 28.9 Å². The molecule has 1 unspecified atom stereocenters. The van der Waals surface area contributed by atoms with Crippen molar-refractivity contribution in [1.82, 2.24) is 4.98 Å². The van der Waals surface area contributed by atoms with Crippen LogP contribution in [0, 0.1) is 13.8 Å². The molecule has 1 aromatic heterocycles. The lowest BCUT2D eigenvalue weighted by Gasteiger charge is -2.25. The molecule has 5 rings (SSSR count). The van der Waals surface area contributed by atoms with Gasteiger partial charge in [0, 0.05) is 11.1 Å². The number of carbonyl (C=O) groups is 2. The van der Waals surface area contributed by atoms with Crippen molar-refractivity contribution in [2.75, 3.05) is 26.2 Å². The van der Waals surface area contributed by atoms with E-state index in [0.717, 1.165) is 21.3 Å². The predicted molar refractivity (Wildman–Crippen MR) is 146 cm³/mol. The van der Waals surface area contributed by atoms with Gasteiger partial charge in [-0.25, -0.2) is 4.98 Å². The van der Waals surface area contributed by atoms with E-state index < -0.39 is 17.7 Å². The Morgan fingerprint density at radius 2 is 1.61 bits per heavy atom. The van der Waals surface area contributed by atoms with Gasteiger partial charge < -0.3 is 19.3 Å². The molecule has 1 aliphatic heterocycles. The number of ketones is 1. The second-order valence-corrected chi connectivity index (χ2v) is 9.94. The van der Waals surface area contributed by atoms with Crippen molar-refractivity contribution in [2.45, 2.75) is 19.9 Å². The van der Waals surface area contributed by atoms with Crippen LogP contribution in [0.25, 0.3) is 16.0 Å². The Balaban J connectivity index is 1.78. The minimum Gasteiger partial charge on any atom is -0.507 e. The minimum atomic E-state index is -1.01. The molecular weight excluding hydrogens is 504 g/mol. The number of aliphatic hydroxyl groups is 1. The number of aryl methyl sites for hydroxylation is 2. The van der Waals surface area contributed by atoms with E-state index in [2.05, 4.69) is 0 Å². The normalized spacial score (nSPS) is 16.8. The Hall–Kier alpha value is -4.37. The third-order valence-corrected chi connectivity index (χ3v) is 7.57. The van der Waals surface area contributed by atoms with E-state index in [0.29, 0.717) is 33.5 Å². The average Bonchev–Trinajstić information content (AvgIpc) is 3.46. The highest BCUT2D eigenvalue weighted by Crippen LogP contribution is 2.47. The van der Waals surface area contributed by atoms with Crippen LogP contribution in [0.4, 0.5) is 5.13 Å². The molecule has 1 saturated heterocycles. The Bertz CT molecular complexity index is 1610. The number of rotatable bonds is 6. The smallest absolute Gasteiger partial charge is 0.301 e. The first kappa shape index (κ1) is 25.3. The molecule has 0 radical (unpaired) electrons. The third-order valence-electron chi connectivity index (χ3n) is 6.56. The fourth-order valence-electron chi connectivity index (χ4n) is 4.74. The summed E-state index contributed by atoms with van der Waals surface area (Å²) in [5.74, 6) is -0.392. The number of fused-ring (bicyclic) bond motifs is 1. The Morgan fingerprint density at radius 3 is 2.26 bits per heavy atom. The number of hydrogen-bond acceptors (Lipinski definition) is 8. The number of Topliss-reactive ketones (excluding diaryl/α,β-unsaturated/α-hetero) is 1. The number of benzene rings is 3. The fraction of sp³-hybridized carbons (Fsp3) is 0.207. The Kier molecular flexibility index (Phi) is 6.54. The van der Waals surface area contributed by atoms with Crippen LogP contribution >= 0.6 is 11.3 Å². The van der Waals surface area contributed by atoms with Crippen LogP contribution in [0.3, 0.4) is 0 Å². The largest absolute Gasteiger partial charge is 0.507 e. The van der Waals surface area contributed by atoms with Gasteiger partial charge in [0.2, 0.25) is 0 Å². The topological polar surface area (TPSA) is 98.2 Å². The lowest BCUT2D eigenvalue weighted by Crippen LogP contribution is -2.29. The first-order valence-corrected chi connectivity index (χ1v) is 12.6. The zero-order valence-corrected chi connectivity index (χ0v) is 22.4. The minimum absolute atomic E-state index is 0.0705. The van der Waals surface area contributed by atoms with Gasteiger partial charge in [0.15, 0.2) is 5.13 Å². The number of aliphatic hydroxyl groups excluding tert-OH is 1. The van der Waals surface area contributed by atoms with Crippen molar-refractivity contribution in [3.63, 3.8) is 0 Å². The molecule has 4 aromatic rings. The molecule has 1 atom stereocenters. The molecule has 194 valence electrons. The maximum absolute atomic E-state index is 13.6. The lowest BCUT2D eigenvalue weighted by molar-refractivity contribution is -0.132. The highest BCUT2D eigenvalue weighted by Gasteiger charge is 2.49. The summed E-state index contributed by atoms with van der Waals surface area (Å²) >= 11 is 1.31. The van der Waals surface area contributed by atoms with Crippen LogP contribution in [0.2, 0.25) is 0 Å². The SMILES string of the molecule is COc1ccc(C(O)=C2C(=O)C(=O)N(c3nc4c(C)cc(C)cc4s3)C2c2cc(OC)ccc2OC)cc1. The number of aromatic nitrogens is 1. The number of hydrogen-bond donors (Lipinski definition) is 1. The monoisotopic (exact) mass is 530 g/mol. The van der Waals surface area contributed by atoms with E-state index in [-0.39, 0.29) is 11.3 Å². The first-order valence-electron chi connectivity index (χ1n) is 11.8. The molecule has 8 nitrogen and oxygen atoms in total. The molecule has 0 aliphatic carbocycles. The van der Waals surface area contributed by atoms with E-state index in [9.17, 15) is 14.7 Å². The molecule has 0 bridgehead atoms. The van der Waals surface area contributed by atoms with Crippen LogP contribution in [-0.2, 0) is 9.59 Å². The quantitative estimate of drug-likeness (QED) is 0.198. The molecule has 0 spiro atoms. The number of thiazole rings is 1. The van der Waals surface area contributed by atoms with E-state index in [4.69, 9.17) is 19.2 Å². The summed E-state index contributed by atoms with van der Waals surface area (Å²) < 4.78 is 17.2. The zero-order valence-electron chi connectivity index (χ0n) is 21.6. The van der Waals surface area contributed by atoms with E-state index >= 15 is 0 Å². The van der Waals surface area contributed by atoms with Gasteiger partial charge >= 0.3 is 5.91 Å². The Morgan fingerprint density at radius 1 is 0.921 bits per heavy atom. The van der Waals surface area contributed by atoms with Crippen molar-refractivity contribution in [2.24, 2.45) is 0 Å². The molecule has 3 aromatic carbocycles. The number of anilines is 1. The molecule has 38 heavy (non-hydrogen) atoms. The molecule has 1 amide bonds. The summed E-state index contributed by atoms with van der Waals surface area (Å²) in [6, 6.07) is 14.7. The van der Waals surface area contributed by atoms with Gasteiger partial charge in [-0.15, -0.1) is 0 Å². The summed E-state index contributed by atoms with van der Waals surface area (Å²) in [5, 5.41) is 11.8. The van der Waals surface area contributed by atoms with Crippen molar-refractivity contribution in [3.05, 3.63) is 82.4 Å². The summed E-state index contributed by atoms with van der Waals surface area (Å²) in [6.07, 6.45) is 0. The molecule has 1 N–H and O–H groups in total. The summed E-state index contributed by atoms with van der Waals surface area (Å²) in [6.45, 7) is 3.95. The summed E-state index contributed by atoms with van der Waals surface area (Å²) in [7, 11) is 4.57. The van der Waals surface area contributed by atoms with Crippen LogP contribution in [0.1, 0.15) is 28.3 Å². The van der Waals surface area contributed by atoms with Gasteiger partial charge in [-0.05, 0) is 73.5 Å². The maximum atomic E-state index is 13.6. The second-order valence-electron chi connectivity index (χ2n) is 8.93. The van der Waals surface area contributed by atoms with Gasteiger partial charge in [0.25, 0.3) is 5.78 Å². The highest BCUT2D eigenvalue weighted by molar-refractivity contribution is 7.22. The number of carbonyl (C=O) groups excluding carboxylic acids is 2. The average molecular weight is 531 g/mol. The molecule has 2 heterocycles. The van der Waals surface area contributed by atoms with Crippen LogP contribution < -0.4 is 19.1 Å². The molecule has 1 fully saturated rings. The van der Waals surface area contributed by atoms with Gasteiger partial charge in [-0.2, -0.15) is 0 Å². The number of ether oxygens (including phenoxy) is 3. The first-order chi connectivity index (χ1) is 18.3. The van der Waals surface area contributed by atoms with Crippen molar-refractivity contribution in [1.29, 1.82) is 0 Å². The van der Waals surface area contributed by atoms with Gasteiger partial charge in [-0.1, -0.05) is 17.4 Å². The third kappa shape index (κ3) is 4.14. The van der Waals surface area contributed by atoms with E-state index in [1.54, 1.807) is 42.5 Å². The fourth-order valence-corrected chi connectivity index (χ4v) is 5.91. The molecular formula is C29H26N2O6S. The number of amides is 1. The van der Waals surface area contributed by atoms with E-state index in [1.807, 2.05) is 26.0 Å². The molecule has 9 heteroatoms. The van der Waals surface area contributed by atoms with Gasteiger partial charge in [0.05, 0.1) is 37.1 Å². The van der Waals surface area contributed by atoms with Crippen molar-refractivity contribution in [3.8, 4) is 17.2 Å². The number of methoxy groups -OCH3 is 3. The predicted octanol–water partition coefficient (Wildman–Crippen LogP) is 5.57. The van der Waals surface area contributed by atoms with Crippen molar-refractivity contribution >= 4 is 44.1 Å². The second kappa shape index (κ2) is 9.83. The number of nitrogens with zero attached hydrogens (tertiary/aromatic N) is 2. The zero-order chi connectivity index (χ0) is 27.1. The summed E-state index contributed by atoms with van der Waals surface area (Å²) in [4.78, 5) is 33.3. The highest BCUT2D eigenvalue weighted by atomic mass is 32.1. The van der Waals surface area contributed by atoms with E-state index in [1.165, 1.54) is 37.6 Å². The van der Waals surface area contributed by atoms with Crippen LogP contribution in [0.15, 0.2) is 60.2 Å². The van der Waals surface area contributed by atoms with Crippen LogP contribution in [-0.4, -0.2) is 43.1 Å². The summed E-state index contributed by atoms with van der Waals surface area (Å²) in [5.41, 5.74) is 3.56. The molecule has 0 saturated carbocycles. The maximum Gasteiger partial charge on any atom is 0.301 e. The van der Waals surface area contributed by atoms with Gasteiger partial charge in [-0.3, -0.25) is 14.5 Å². The standard InChI is InChI=1S/C29H26N2O6S/c1-15-12-16(2)24-22(13-15)38-29(30-24)31-25(20-14-19(36-4)10-11-21(20)37-5)23(27(33)28(31)34)26(32)17-6-8-18(35-3)9-7-17/h6-14,25,32H,1-5H3. The van der Waals surface area contributed by atoms with Crippen LogP contribution in [0.5, 0.6) is 17.2 Å². The lowest BCUT2D eigenvalue weighted by atomic mass is 9.94. The van der Waals surface area contributed by atoms with Gasteiger partial charge in [0.1, 0.15) is 29.0 Å². The molecule has 1 aliphatic rings.